The molecule has 1 aliphatic rings. The van der Waals surface area contributed by atoms with Crippen molar-refractivity contribution < 1.29 is 4.79 Å². The van der Waals surface area contributed by atoms with Crippen molar-refractivity contribution in [3.63, 3.8) is 0 Å². The molecular weight excluding hydrogens is 344 g/mol. The molecule has 148 valence electrons. The van der Waals surface area contributed by atoms with Crippen molar-refractivity contribution in [1.82, 2.24) is 40.2 Å². The molecule has 1 aliphatic heterocycles. The van der Waals surface area contributed by atoms with Gasteiger partial charge in [-0.1, -0.05) is 6.92 Å². The topological polar surface area (TPSA) is 93.8 Å². The average Bonchev–Trinajstić information content (AvgIpc) is 3.26. The van der Waals surface area contributed by atoms with Crippen molar-refractivity contribution in [1.29, 1.82) is 0 Å². The minimum absolute atomic E-state index is 0.0333. The summed E-state index contributed by atoms with van der Waals surface area (Å²) >= 11 is 0. The predicted octanol–water partition coefficient (Wildman–Crippen LogP) is 1.30. The molecule has 1 N–H and O–H groups in total. The quantitative estimate of drug-likeness (QED) is 0.748. The number of nitrogens with one attached hydrogen (secondary N) is 1. The van der Waals surface area contributed by atoms with Crippen LogP contribution in [0.1, 0.15) is 57.0 Å². The second kappa shape index (κ2) is 9.07. The number of piperidine rings is 1. The molecule has 2 aromatic rings. The van der Waals surface area contributed by atoms with Crippen molar-refractivity contribution in [2.45, 2.75) is 58.7 Å². The van der Waals surface area contributed by atoms with Crippen molar-refractivity contribution >= 4 is 5.91 Å². The first kappa shape index (κ1) is 19.5. The molecule has 1 amide bonds. The van der Waals surface area contributed by atoms with Crippen LogP contribution in [-0.4, -0.2) is 53.9 Å². The number of aryl methyl sites for hydroxylation is 2. The molecule has 0 aromatic carbocycles. The van der Waals surface area contributed by atoms with Crippen LogP contribution in [0.4, 0.5) is 0 Å². The second-order valence-corrected chi connectivity index (χ2v) is 7.62. The van der Waals surface area contributed by atoms with Gasteiger partial charge in [0.15, 0.2) is 5.82 Å². The third-order valence-corrected chi connectivity index (χ3v) is 5.22. The van der Waals surface area contributed by atoms with Gasteiger partial charge in [0.1, 0.15) is 0 Å². The summed E-state index contributed by atoms with van der Waals surface area (Å²) in [6.45, 7) is 7.91. The Kier molecular flexibility index (Phi) is 6.54. The minimum atomic E-state index is -0.0451. The second-order valence-electron chi connectivity index (χ2n) is 7.62. The smallest absolute Gasteiger partial charge is 0.220 e. The van der Waals surface area contributed by atoms with Crippen LogP contribution in [0, 0.1) is 5.92 Å². The Morgan fingerprint density at radius 2 is 2.15 bits per heavy atom. The Balaban J connectivity index is 1.41. The van der Waals surface area contributed by atoms with Crippen molar-refractivity contribution in [3.8, 4) is 0 Å². The van der Waals surface area contributed by atoms with Gasteiger partial charge >= 0.3 is 0 Å². The minimum Gasteiger partial charge on any atom is -0.349 e. The summed E-state index contributed by atoms with van der Waals surface area (Å²) in [6.07, 6.45) is 7.32. The molecule has 0 radical (unpaired) electrons. The molecule has 27 heavy (non-hydrogen) atoms. The molecule has 0 unspecified atom stereocenters. The molecule has 2 aromatic heterocycles. The molecular formula is C18H30N8O. The molecule has 9 nitrogen and oxygen atoms in total. The van der Waals surface area contributed by atoms with E-state index in [4.69, 9.17) is 0 Å². The highest BCUT2D eigenvalue weighted by atomic mass is 16.1. The summed E-state index contributed by atoms with van der Waals surface area (Å²) in [5.41, 5.74) is 1.00. The molecule has 3 rings (SSSR count). The van der Waals surface area contributed by atoms with Gasteiger partial charge in [0, 0.05) is 31.8 Å². The lowest BCUT2D eigenvalue weighted by molar-refractivity contribution is -0.121. The van der Waals surface area contributed by atoms with Crippen LogP contribution in [0.2, 0.25) is 0 Å². The number of carbonyl (C=O) groups is 1. The lowest BCUT2D eigenvalue weighted by Gasteiger charge is -2.29. The maximum Gasteiger partial charge on any atom is 0.220 e. The van der Waals surface area contributed by atoms with Gasteiger partial charge in [0.2, 0.25) is 5.91 Å². The van der Waals surface area contributed by atoms with Gasteiger partial charge in [-0.3, -0.25) is 14.4 Å². The van der Waals surface area contributed by atoms with E-state index in [0.29, 0.717) is 19.4 Å². The van der Waals surface area contributed by atoms with Gasteiger partial charge in [-0.15, -0.1) is 5.10 Å². The first-order chi connectivity index (χ1) is 13.0. The summed E-state index contributed by atoms with van der Waals surface area (Å²) in [6, 6.07) is -0.0451. The van der Waals surface area contributed by atoms with E-state index in [1.165, 1.54) is 12.8 Å². The first-order valence-electron chi connectivity index (χ1n) is 9.76. The molecule has 3 heterocycles. The van der Waals surface area contributed by atoms with E-state index in [2.05, 4.69) is 37.8 Å². The highest BCUT2D eigenvalue weighted by Crippen LogP contribution is 2.17. The van der Waals surface area contributed by atoms with Crippen molar-refractivity contribution in [2.75, 3.05) is 13.1 Å². The number of likely N-dealkylation sites (tertiary alicyclic amines) is 1. The molecule has 0 aliphatic carbocycles. The highest BCUT2D eigenvalue weighted by Gasteiger charge is 2.18. The summed E-state index contributed by atoms with van der Waals surface area (Å²) in [5, 5.41) is 19.2. The SMILES string of the molecule is CC1CCN(Cc2nnnn2CCCC(=O)N[C@H](C)c2cnn(C)c2)CC1. The third kappa shape index (κ3) is 5.59. The van der Waals surface area contributed by atoms with E-state index in [-0.39, 0.29) is 11.9 Å². The fourth-order valence-electron chi connectivity index (χ4n) is 3.38. The zero-order valence-electron chi connectivity index (χ0n) is 16.5. The monoisotopic (exact) mass is 374 g/mol. The summed E-state index contributed by atoms with van der Waals surface area (Å²) in [7, 11) is 1.87. The maximum absolute atomic E-state index is 12.2. The average molecular weight is 374 g/mol. The molecule has 1 atom stereocenters. The van der Waals surface area contributed by atoms with Gasteiger partial charge < -0.3 is 5.32 Å². The number of nitrogens with zero attached hydrogens (tertiary/aromatic N) is 7. The fraction of sp³-hybridized carbons (Fsp3) is 0.722. The van der Waals surface area contributed by atoms with Gasteiger partial charge in [-0.2, -0.15) is 5.10 Å². The van der Waals surface area contributed by atoms with E-state index < -0.39 is 0 Å². The number of amides is 1. The lowest BCUT2D eigenvalue weighted by atomic mass is 9.99. The number of hydrogen-bond acceptors (Lipinski definition) is 6. The van der Waals surface area contributed by atoms with E-state index in [9.17, 15) is 4.79 Å². The Hall–Kier alpha value is -2.29. The Bertz CT molecular complexity index is 731. The Labute approximate surface area is 160 Å². The first-order valence-corrected chi connectivity index (χ1v) is 9.76. The van der Waals surface area contributed by atoms with Gasteiger partial charge in [-0.05, 0) is 55.6 Å². The summed E-state index contributed by atoms with van der Waals surface area (Å²) in [5.74, 6) is 1.73. The van der Waals surface area contributed by atoms with Crippen molar-refractivity contribution in [3.05, 3.63) is 23.8 Å². The van der Waals surface area contributed by atoms with Crippen molar-refractivity contribution in [2.24, 2.45) is 13.0 Å². The van der Waals surface area contributed by atoms with E-state index in [1.807, 2.05) is 24.9 Å². The lowest BCUT2D eigenvalue weighted by Crippen LogP contribution is -2.33. The maximum atomic E-state index is 12.2. The van der Waals surface area contributed by atoms with Crippen LogP contribution in [0.3, 0.4) is 0 Å². The normalized spacial score (nSPS) is 17.1. The van der Waals surface area contributed by atoms with Crippen LogP contribution < -0.4 is 5.32 Å². The number of aromatic nitrogens is 6. The van der Waals surface area contributed by atoms with Crippen LogP contribution in [0.25, 0.3) is 0 Å². The molecule has 0 spiro atoms. The van der Waals surface area contributed by atoms with Gasteiger partial charge in [0.25, 0.3) is 0 Å². The van der Waals surface area contributed by atoms with E-state index in [1.54, 1.807) is 10.9 Å². The number of carbonyl (C=O) groups excluding carboxylic acids is 1. The summed E-state index contributed by atoms with van der Waals surface area (Å²) in [4.78, 5) is 14.6. The Morgan fingerprint density at radius 1 is 1.37 bits per heavy atom. The molecule has 1 saturated heterocycles. The number of rotatable bonds is 8. The molecule has 0 saturated carbocycles. The number of hydrogen-bond donors (Lipinski definition) is 1. The summed E-state index contributed by atoms with van der Waals surface area (Å²) < 4.78 is 3.57. The van der Waals surface area contributed by atoms with Crippen LogP contribution >= 0.6 is 0 Å². The third-order valence-electron chi connectivity index (χ3n) is 5.22. The molecule has 9 heteroatoms. The van der Waals surface area contributed by atoms with Crippen LogP contribution in [-0.2, 0) is 24.9 Å². The zero-order valence-corrected chi connectivity index (χ0v) is 16.5. The fourth-order valence-corrected chi connectivity index (χ4v) is 3.38. The largest absolute Gasteiger partial charge is 0.349 e. The standard InChI is InChI=1S/C18H30N8O/c1-14-6-9-25(10-7-14)13-17-21-22-23-26(17)8-4-5-18(27)20-15(2)16-11-19-24(3)12-16/h11-12,14-15H,4-10,13H2,1-3H3,(H,20,27)/t15-/m1/s1. The van der Waals surface area contributed by atoms with E-state index in [0.717, 1.165) is 36.9 Å². The van der Waals surface area contributed by atoms with Crippen LogP contribution in [0.15, 0.2) is 12.4 Å². The van der Waals surface area contributed by atoms with Gasteiger partial charge in [0.05, 0.1) is 18.8 Å². The molecule has 0 bridgehead atoms. The van der Waals surface area contributed by atoms with Gasteiger partial charge in [-0.25, -0.2) is 4.68 Å². The number of tetrazole rings is 1. The zero-order chi connectivity index (χ0) is 19.2. The predicted molar refractivity (Wildman–Crippen MR) is 100 cm³/mol. The highest BCUT2D eigenvalue weighted by molar-refractivity contribution is 5.76. The molecule has 1 fully saturated rings. The van der Waals surface area contributed by atoms with E-state index >= 15 is 0 Å². The van der Waals surface area contributed by atoms with Crippen LogP contribution in [0.5, 0.6) is 0 Å². The Morgan fingerprint density at radius 3 is 2.85 bits per heavy atom.